The second-order valence-corrected chi connectivity index (χ2v) is 6.43. The molecule has 0 radical (unpaired) electrons. The molecule has 2 rings (SSSR count). The van der Waals surface area contributed by atoms with Gasteiger partial charge in [-0.1, -0.05) is 6.92 Å². The van der Waals surface area contributed by atoms with Crippen LogP contribution in [0.3, 0.4) is 0 Å². The van der Waals surface area contributed by atoms with Gasteiger partial charge in [-0.15, -0.1) is 0 Å². The first-order valence-electron chi connectivity index (χ1n) is 9.17. The molecule has 1 aromatic rings. The maximum absolute atomic E-state index is 12.3. The van der Waals surface area contributed by atoms with Crippen LogP contribution in [-0.4, -0.2) is 68.1 Å². The fourth-order valence-electron chi connectivity index (χ4n) is 3.23. The van der Waals surface area contributed by atoms with Gasteiger partial charge in [0.15, 0.2) is 0 Å². The number of benzene rings is 1. The van der Waals surface area contributed by atoms with Crippen LogP contribution < -0.4 is 10.2 Å². The van der Waals surface area contributed by atoms with E-state index in [-0.39, 0.29) is 5.91 Å². The molecule has 1 aliphatic rings. The summed E-state index contributed by atoms with van der Waals surface area (Å²) < 4.78 is 0. The van der Waals surface area contributed by atoms with Crippen LogP contribution in [0, 0.1) is 6.92 Å². The molecule has 0 unspecified atom stereocenters. The Morgan fingerprint density at radius 3 is 2.25 bits per heavy atom. The zero-order chi connectivity index (χ0) is 17.5. The number of hydrogen-bond acceptors (Lipinski definition) is 4. The molecular formula is C19H32N4O. The highest BCUT2D eigenvalue weighted by atomic mass is 16.2. The lowest BCUT2D eigenvalue weighted by Gasteiger charge is -2.33. The second kappa shape index (κ2) is 9.04. The average Bonchev–Trinajstić information content (AvgIpc) is 2.59. The van der Waals surface area contributed by atoms with Crippen molar-refractivity contribution in [1.29, 1.82) is 0 Å². The lowest BCUT2D eigenvalue weighted by atomic mass is 10.1. The Morgan fingerprint density at radius 2 is 1.71 bits per heavy atom. The minimum absolute atomic E-state index is 0.0821. The van der Waals surface area contributed by atoms with Crippen LogP contribution in [0.2, 0.25) is 0 Å². The van der Waals surface area contributed by atoms with Crippen molar-refractivity contribution in [2.45, 2.75) is 27.7 Å². The van der Waals surface area contributed by atoms with Gasteiger partial charge in [-0.05, 0) is 51.1 Å². The zero-order valence-electron chi connectivity index (χ0n) is 15.6. The summed E-state index contributed by atoms with van der Waals surface area (Å²) in [7, 11) is 0. The zero-order valence-corrected chi connectivity index (χ0v) is 15.6. The number of anilines is 2. The largest absolute Gasteiger partial charge is 0.372 e. The van der Waals surface area contributed by atoms with Gasteiger partial charge in [-0.25, -0.2) is 0 Å². The number of amides is 1. The third-order valence-electron chi connectivity index (χ3n) is 4.89. The topological polar surface area (TPSA) is 38.8 Å². The maximum atomic E-state index is 12.3. The third-order valence-corrected chi connectivity index (χ3v) is 4.89. The van der Waals surface area contributed by atoms with Crippen LogP contribution in [0.4, 0.5) is 11.4 Å². The van der Waals surface area contributed by atoms with Gasteiger partial charge >= 0.3 is 0 Å². The summed E-state index contributed by atoms with van der Waals surface area (Å²) in [6.45, 7) is 16.2. The van der Waals surface area contributed by atoms with Crippen molar-refractivity contribution < 1.29 is 4.79 Å². The summed E-state index contributed by atoms with van der Waals surface area (Å²) in [6, 6.07) is 6.27. The summed E-state index contributed by atoms with van der Waals surface area (Å²) in [4.78, 5) is 19.3. The van der Waals surface area contributed by atoms with Crippen LogP contribution in [0.15, 0.2) is 18.2 Å². The van der Waals surface area contributed by atoms with Gasteiger partial charge in [0, 0.05) is 50.6 Å². The molecule has 1 aliphatic heterocycles. The molecule has 0 aromatic heterocycles. The van der Waals surface area contributed by atoms with Crippen LogP contribution in [0.25, 0.3) is 0 Å². The smallest absolute Gasteiger partial charge is 0.238 e. The number of carbonyl (C=O) groups excluding carboxylic acids is 1. The molecule has 0 atom stereocenters. The van der Waals surface area contributed by atoms with Crippen molar-refractivity contribution >= 4 is 17.3 Å². The molecule has 1 N–H and O–H groups in total. The number of hydrogen-bond donors (Lipinski definition) is 1. The van der Waals surface area contributed by atoms with E-state index < -0.39 is 0 Å². The van der Waals surface area contributed by atoms with Gasteiger partial charge in [-0.3, -0.25) is 9.69 Å². The molecule has 1 saturated heterocycles. The minimum Gasteiger partial charge on any atom is -0.372 e. The summed E-state index contributed by atoms with van der Waals surface area (Å²) in [5, 5.41) is 3.07. The van der Waals surface area contributed by atoms with E-state index in [0.717, 1.165) is 57.1 Å². The maximum Gasteiger partial charge on any atom is 0.238 e. The fourth-order valence-corrected chi connectivity index (χ4v) is 3.23. The molecule has 5 nitrogen and oxygen atoms in total. The van der Waals surface area contributed by atoms with Crippen molar-refractivity contribution in [1.82, 2.24) is 9.80 Å². The van der Waals surface area contributed by atoms with Crippen LogP contribution >= 0.6 is 0 Å². The molecule has 134 valence electrons. The first kappa shape index (κ1) is 18.7. The summed E-state index contributed by atoms with van der Waals surface area (Å²) in [5.41, 5.74) is 3.25. The SMILES string of the molecule is CCN1CCN(CC(=O)Nc2ccc(N(CC)CC)cc2C)CC1. The number of piperazine rings is 1. The Bertz CT molecular complexity index is 534. The number of carbonyl (C=O) groups is 1. The first-order valence-corrected chi connectivity index (χ1v) is 9.17. The van der Waals surface area contributed by atoms with Gasteiger partial charge in [0.25, 0.3) is 0 Å². The lowest BCUT2D eigenvalue weighted by molar-refractivity contribution is -0.117. The van der Waals surface area contributed by atoms with Crippen LogP contribution in [0.5, 0.6) is 0 Å². The van der Waals surface area contributed by atoms with E-state index in [9.17, 15) is 4.79 Å². The molecule has 0 spiro atoms. The Kier molecular flexibility index (Phi) is 7.06. The first-order chi connectivity index (χ1) is 11.6. The Hall–Kier alpha value is -1.59. The van der Waals surface area contributed by atoms with Crippen molar-refractivity contribution in [2.75, 3.05) is 62.6 Å². The molecule has 5 heteroatoms. The third kappa shape index (κ3) is 4.95. The minimum atomic E-state index is 0.0821. The second-order valence-electron chi connectivity index (χ2n) is 6.43. The molecule has 0 aliphatic carbocycles. The van der Waals surface area contributed by atoms with Crippen molar-refractivity contribution in [3.63, 3.8) is 0 Å². The number of nitrogens with one attached hydrogen (secondary N) is 1. The van der Waals surface area contributed by atoms with E-state index in [0.29, 0.717) is 6.54 Å². The van der Waals surface area contributed by atoms with Gasteiger partial charge in [-0.2, -0.15) is 0 Å². The quantitative estimate of drug-likeness (QED) is 0.832. The predicted molar refractivity (Wildman–Crippen MR) is 102 cm³/mol. The van der Waals surface area contributed by atoms with E-state index >= 15 is 0 Å². The summed E-state index contributed by atoms with van der Waals surface area (Å²) in [5.74, 6) is 0.0821. The van der Waals surface area contributed by atoms with Gasteiger partial charge in [0.2, 0.25) is 5.91 Å². The normalized spacial score (nSPS) is 16.2. The van der Waals surface area contributed by atoms with Crippen LogP contribution in [-0.2, 0) is 4.79 Å². The molecule has 0 bridgehead atoms. The highest BCUT2D eigenvalue weighted by Gasteiger charge is 2.18. The number of nitrogens with zero attached hydrogens (tertiary/aromatic N) is 3. The standard InChI is InChI=1S/C19H32N4O/c1-5-21-10-12-22(13-11-21)15-19(24)20-18-9-8-17(14-16(18)4)23(6-2)7-3/h8-9,14H,5-7,10-13,15H2,1-4H3,(H,20,24). The van der Waals surface area contributed by atoms with Crippen molar-refractivity contribution in [2.24, 2.45) is 0 Å². The average molecular weight is 332 g/mol. The molecule has 0 saturated carbocycles. The van der Waals surface area contributed by atoms with Gasteiger partial charge < -0.3 is 15.1 Å². The van der Waals surface area contributed by atoms with Crippen molar-refractivity contribution in [3.8, 4) is 0 Å². The molecule has 1 amide bonds. The van der Waals surface area contributed by atoms with E-state index in [2.05, 4.69) is 59.8 Å². The molecular weight excluding hydrogens is 300 g/mol. The van der Waals surface area contributed by atoms with E-state index in [4.69, 9.17) is 0 Å². The van der Waals surface area contributed by atoms with Gasteiger partial charge in [0.05, 0.1) is 6.54 Å². The molecule has 1 aromatic carbocycles. The number of likely N-dealkylation sites (N-methyl/N-ethyl adjacent to an activating group) is 1. The van der Waals surface area contributed by atoms with Crippen molar-refractivity contribution in [3.05, 3.63) is 23.8 Å². The van der Waals surface area contributed by atoms with Crippen LogP contribution in [0.1, 0.15) is 26.3 Å². The molecule has 1 fully saturated rings. The monoisotopic (exact) mass is 332 g/mol. The number of rotatable bonds is 7. The van der Waals surface area contributed by atoms with E-state index in [1.165, 1.54) is 5.69 Å². The molecule has 24 heavy (non-hydrogen) atoms. The molecule has 1 heterocycles. The fraction of sp³-hybridized carbons (Fsp3) is 0.632. The predicted octanol–water partition coefficient (Wildman–Crippen LogP) is 2.42. The highest BCUT2D eigenvalue weighted by Crippen LogP contribution is 2.22. The van der Waals surface area contributed by atoms with E-state index in [1.807, 2.05) is 6.07 Å². The van der Waals surface area contributed by atoms with Gasteiger partial charge in [0.1, 0.15) is 0 Å². The Morgan fingerprint density at radius 1 is 1.08 bits per heavy atom. The Balaban J connectivity index is 1.90. The number of aryl methyl sites for hydroxylation is 1. The highest BCUT2D eigenvalue weighted by molar-refractivity contribution is 5.93. The van der Waals surface area contributed by atoms with E-state index in [1.54, 1.807) is 0 Å². The Labute approximate surface area is 146 Å². The lowest BCUT2D eigenvalue weighted by Crippen LogP contribution is -2.48. The summed E-state index contributed by atoms with van der Waals surface area (Å²) >= 11 is 0. The summed E-state index contributed by atoms with van der Waals surface area (Å²) in [6.07, 6.45) is 0.